The molecule has 1 aromatic rings. The molecule has 1 aliphatic rings. The van der Waals surface area contributed by atoms with Crippen LogP contribution < -0.4 is 0 Å². The monoisotopic (exact) mass is 302 g/mol. The van der Waals surface area contributed by atoms with Gasteiger partial charge in [0, 0.05) is 13.2 Å². The second-order valence-electron chi connectivity index (χ2n) is 4.96. The highest BCUT2D eigenvalue weighted by molar-refractivity contribution is 6.52. The van der Waals surface area contributed by atoms with Crippen LogP contribution in [0.15, 0.2) is 24.3 Å². The largest absolute Gasteiger partial charge is 0.352 e. The average Bonchev–Trinajstić information content (AvgIpc) is 2.94. The fourth-order valence-corrected chi connectivity index (χ4v) is 3.32. The van der Waals surface area contributed by atoms with Crippen LogP contribution in [0.2, 0.25) is 0 Å². The fourth-order valence-electron chi connectivity index (χ4n) is 2.50. The van der Waals surface area contributed by atoms with Crippen molar-refractivity contribution in [3.05, 3.63) is 35.4 Å². The molecule has 1 aromatic carbocycles. The van der Waals surface area contributed by atoms with Crippen LogP contribution in [0.1, 0.15) is 31.4 Å². The first-order chi connectivity index (χ1) is 8.98. The number of hydrogen-bond donors (Lipinski definition) is 0. The molecule has 0 heterocycles. The number of rotatable bonds is 6. The van der Waals surface area contributed by atoms with Crippen molar-refractivity contribution in [2.24, 2.45) is 0 Å². The molecule has 0 N–H and O–H groups in total. The molecule has 1 aliphatic carbocycles. The Kier molecular flexibility index (Phi) is 4.46. The van der Waals surface area contributed by atoms with Crippen LogP contribution in [0.4, 0.5) is 0 Å². The normalized spacial score (nSPS) is 24.7. The quantitative estimate of drug-likeness (QED) is 0.579. The van der Waals surface area contributed by atoms with Gasteiger partial charge in [-0.2, -0.15) is 0 Å². The van der Waals surface area contributed by atoms with Gasteiger partial charge in [0.25, 0.3) is 0 Å². The lowest BCUT2D eigenvalue weighted by atomic mass is 9.94. The number of aryl methyl sites for hydroxylation is 1. The van der Waals surface area contributed by atoms with E-state index in [1.165, 1.54) is 5.56 Å². The maximum Gasteiger partial charge on any atom is 0.170 e. The zero-order chi connectivity index (χ0) is 14.1. The second kappa shape index (κ2) is 5.61. The zero-order valence-electron chi connectivity index (χ0n) is 11.6. The molecule has 0 aliphatic heterocycles. The van der Waals surface area contributed by atoms with Gasteiger partial charge in [-0.05, 0) is 32.8 Å². The van der Waals surface area contributed by atoms with Gasteiger partial charge in [0.05, 0.1) is 5.41 Å². The molecule has 4 heteroatoms. The van der Waals surface area contributed by atoms with E-state index >= 15 is 0 Å². The van der Waals surface area contributed by atoms with Gasteiger partial charge in [-0.15, -0.1) is 23.2 Å². The first kappa shape index (κ1) is 15.1. The lowest BCUT2D eigenvalue weighted by Crippen LogP contribution is -2.36. The van der Waals surface area contributed by atoms with Gasteiger partial charge in [0.1, 0.15) is 4.33 Å². The molecule has 1 unspecified atom stereocenters. The molecule has 0 aromatic heterocycles. The minimum absolute atomic E-state index is 0.403. The van der Waals surface area contributed by atoms with E-state index in [2.05, 4.69) is 31.2 Å². The molecule has 2 nitrogen and oxygen atoms in total. The fraction of sp³-hybridized carbons (Fsp3) is 0.600. The van der Waals surface area contributed by atoms with Gasteiger partial charge in [0.15, 0.2) is 6.29 Å². The summed E-state index contributed by atoms with van der Waals surface area (Å²) < 4.78 is 10.7. The Bertz CT molecular complexity index is 424. The molecule has 19 heavy (non-hydrogen) atoms. The van der Waals surface area contributed by atoms with Crippen molar-refractivity contribution in [2.45, 2.75) is 43.2 Å². The van der Waals surface area contributed by atoms with E-state index < -0.39 is 16.0 Å². The van der Waals surface area contributed by atoms with Gasteiger partial charge in [0.2, 0.25) is 0 Å². The Morgan fingerprint density at radius 3 is 1.95 bits per heavy atom. The Labute approximate surface area is 125 Å². The van der Waals surface area contributed by atoms with Crippen LogP contribution in [0.5, 0.6) is 0 Å². The zero-order valence-corrected chi connectivity index (χ0v) is 13.1. The summed E-state index contributed by atoms with van der Waals surface area (Å²) in [5.74, 6) is 0. The van der Waals surface area contributed by atoms with Gasteiger partial charge in [-0.25, -0.2) is 0 Å². The molecule has 0 saturated heterocycles. The van der Waals surface area contributed by atoms with E-state index in [-0.39, 0.29) is 0 Å². The van der Waals surface area contributed by atoms with E-state index in [0.717, 1.165) is 5.56 Å². The van der Waals surface area contributed by atoms with Gasteiger partial charge in [-0.1, -0.05) is 29.8 Å². The summed E-state index contributed by atoms with van der Waals surface area (Å²) in [5, 5.41) is 0. The molecule has 0 bridgehead atoms. The van der Waals surface area contributed by atoms with E-state index in [4.69, 9.17) is 32.7 Å². The highest BCUT2D eigenvalue weighted by atomic mass is 35.5. The summed E-state index contributed by atoms with van der Waals surface area (Å²) in [7, 11) is 0. The molecule has 106 valence electrons. The van der Waals surface area contributed by atoms with Crippen molar-refractivity contribution in [2.75, 3.05) is 13.2 Å². The Morgan fingerprint density at radius 2 is 1.58 bits per heavy atom. The molecular weight excluding hydrogens is 283 g/mol. The van der Waals surface area contributed by atoms with Crippen LogP contribution in [0.25, 0.3) is 0 Å². The van der Waals surface area contributed by atoms with Gasteiger partial charge >= 0.3 is 0 Å². The molecule has 0 spiro atoms. The van der Waals surface area contributed by atoms with Crippen molar-refractivity contribution >= 4 is 23.2 Å². The maximum absolute atomic E-state index is 6.41. The summed E-state index contributed by atoms with van der Waals surface area (Å²) in [4.78, 5) is 0. The van der Waals surface area contributed by atoms with Crippen molar-refractivity contribution in [1.29, 1.82) is 0 Å². The Hall–Kier alpha value is -0.280. The first-order valence-corrected chi connectivity index (χ1v) is 7.41. The molecule has 1 fully saturated rings. The summed E-state index contributed by atoms with van der Waals surface area (Å²) in [5.41, 5.74) is 1.82. The maximum atomic E-state index is 6.41. The minimum Gasteiger partial charge on any atom is -0.352 e. The number of ether oxygens (including phenoxy) is 2. The smallest absolute Gasteiger partial charge is 0.170 e. The third-order valence-electron chi connectivity index (χ3n) is 3.63. The second-order valence-corrected chi connectivity index (χ2v) is 6.45. The van der Waals surface area contributed by atoms with Crippen LogP contribution in [0, 0.1) is 6.92 Å². The minimum atomic E-state index is -0.822. The average molecular weight is 303 g/mol. The van der Waals surface area contributed by atoms with Crippen LogP contribution in [-0.2, 0) is 14.9 Å². The molecule has 0 amide bonds. The topological polar surface area (TPSA) is 18.5 Å². The van der Waals surface area contributed by atoms with Crippen molar-refractivity contribution in [1.82, 2.24) is 0 Å². The standard InChI is InChI=1S/C15H20Cl2O2/c1-4-18-13(19-5-2)14(10-15(14,16)17)12-8-6-11(3)7-9-12/h6-9,13H,4-5,10H2,1-3H3. The summed E-state index contributed by atoms with van der Waals surface area (Å²) in [6.45, 7) is 7.09. The highest BCUT2D eigenvalue weighted by Crippen LogP contribution is 2.67. The Balaban J connectivity index is 2.35. The molecule has 2 rings (SSSR count). The molecular formula is C15H20Cl2O2. The summed E-state index contributed by atoms with van der Waals surface area (Å²) in [6, 6.07) is 8.25. The van der Waals surface area contributed by atoms with Crippen molar-refractivity contribution < 1.29 is 9.47 Å². The van der Waals surface area contributed by atoms with Crippen molar-refractivity contribution in [3.8, 4) is 0 Å². The Morgan fingerprint density at radius 1 is 1.11 bits per heavy atom. The van der Waals surface area contributed by atoms with E-state index in [1.54, 1.807) is 0 Å². The predicted molar refractivity (Wildman–Crippen MR) is 79.0 cm³/mol. The number of alkyl halides is 2. The summed E-state index contributed by atoms with van der Waals surface area (Å²) in [6.07, 6.45) is 0.247. The summed E-state index contributed by atoms with van der Waals surface area (Å²) >= 11 is 12.8. The van der Waals surface area contributed by atoms with Gasteiger partial charge < -0.3 is 9.47 Å². The van der Waals surface area contributed by atoms with E-state index in [0.29, 0.717) is 19.6 Å². The van der Waals surface area contributed by atoms with E-state index in [9.17, 15) is 0 Å². The highest BCUT2D eigenvalue weighted by Gasteiger charge is 2.72. The lowest BCUT2D eigenvalue weighted by molar-refractivity contribution is -0.157. The van der Waals surface area contributed by atoms with Gasteiger partial charge in [-0.3, -0.25) is 0 Å². The van der Waals surface area contributed by atoms with E-state index in [1.807, 2.05) is 13.8 Å². The van der Waals surface area contributed by atoms with Crippen molar-refractivity contribution in [3.63, 3.8) is 0 Å². The SMILES string of the molecule is CCOC(OCC)C1(c2ccc(C)cc2)CC1(Cl)Cl. The molecule has 1 atom stereocenters. The third-order valence-corrected chi connectivity index (χ3v) is 4.58. The molecule has 0 radical (unpaired) electrons. The third kappa shape index (κ3) is 2.64. The number of halogens is 2. The number of hydrogen-bond acceptors (Lipinski definition) is 2. The first-order valence-electron chi connectivity index (χ1n) is 6.66. The van der Waals surface area contributed by atoms with Crippen LogP contribution >= 0.6 is 23.2 Å². The lowest BCUT2D eigenvalue weighted by Gasteiger charge is -2.28. The number of benzene rings is 1. The van der Waals surface area contributed by atoms with Crippen LogP contribution in [-0.4, -0.2) is 23.8 Å². The predicted octanol–water partition coefficient (Wildman–Crippen LogP) is 4.21. The molecule has 1 saturated carbocycles. The van der Waals surface area contributed by atoms with Crippen LogP contribution in [0.3, 0.4) is 0 Å².